The Kier molecular flexibility index (Phi) is 6.75. The lowest BCUT2D eigenvalue weighted by Gasteiger charge is -2.33. The Labute approximate surface area is 205 Å². The maximum Gasteiger partial charge on any atom is 0.407 e. The van der Waals surface area contributed by atoms with Gasteiger partial charge < -0.3 is 20.1 Å². The summed E-state index contributed by atoms with van der Waals surface area (Å²) in [5.74, 6) is -1.12. The SMILES string of the molecule is O=C(O)CN(C(=O)C[C@H]1CCCC[C@H]1NC(=O)OCC1c2ccccc2-c2ccccc21)C1CC1. The molecule has 0 saturated heterocycles. The van der Waals surface area contributed by atoms with Gasteiger partial charge in [-0.05, 0) is 53.9 Å². The molecule has 2 N–H and O–H groups in total. The molecule has 3 aliphatic rings. The van der Waals surface area contributed by atoms with Crippen molar-refractivity contribution in [2.24, 2.45) is 5.92 Å². The summed E-state index contributed by atoms with van der Waals surface area (Å²) in [7, 11) is 0. The fraction of sp³-hybridized carbons (Fsp3) is 0.464. The molecule has 7 heteroatoms. The first kappa shape index (κ1) is 23.4. The summed E-state index contributed by atoms with van der Waals surface area (Å²) >= 11 is 0. The molecule has 5 rings (SSSR count). The predicted molar refractivity (Wildman–Crippen MR) is 131 cm³/mol. The summed E-state index contributed by atoms with van der Waals surface area (Å²) < 4.78 is 5.72. The van der Waals surface area contributed by atoms with Crippen LogP contribution in [0.15, 0.2) is 48.5 Å². The number of hydrogen-bond acceptors (Lipinski definition) is 4. The van der Waals surface area contributed by atoms with Gasteiger partial charge in [-0.25, -0.2) is 4.79 Å². The number of benzene rings is 2. The van der Waals surface area contributed by atoms with Gasteiger partial charge in [0.15, 0.2) is 0 Å². The molecule has 0 aromatic heterocycles. The first-order valence-electron chi connectivity index (χ1n) is 12.6. The minimum absolute atomic E-state index is 0.000000687. The number of carbonyl (C=O) groups is 3. The topological polar surface area (TPSA) is 95.9 Å². The van der Waals surface area contributed by atoms with Crippen LogP contribution >= 0.6 is 0 Å². The first-order valence-corrected chi connectivity index (χ1v) is 12.6. The Morgan fingerprint density at radius 2 is 1.54 bits per heavy atom. The summed E-state index contributed by atoms with van der Waals surface area (Å²) in [5, 5.41) is 12.2. The lowest BCUT2D eigenvalue weighted by Crippen LogP contribution is -2.45. The molecule has 3 aliphatic carbocycles. The van der Waals surface area contributed by atoms with Crippen LogP contribution in [0, 0.1) is 5.92 Å². The highest BCUT2D eigenvalue weighted by Crippen LogP contribution is 2.44. The molecular weight excluding hydrogens is 444 g/mol. The molecule has 2 aromatic rings. The van der Waals surface area contributed by atoms with Crippen molar-refractivity contribution in [1.82, 2.24) is 10.2 Å². The summed E-state index contributed by atoms with van der Waals surface area (Å²) in [6, 6.07) is 16.4. The molecule has 2 aromatic carbocycles. The first-order chi connectivity index (χ1) is 17.0. The van der Waals surface area contributed by atoms with E-state index in [0.29, 0.717) is 0 Å². The zero-order valence-corrected chi connectivity index (χ0v) is 19.8. The largest absolute Gasteiger partial charge is 0.480 e. The highest BCUT2D eigenvalue weighted by atomic mass is 16.5. The molecule has 2 fully saturated rings. The van der Waals surface area contributed by atoms with E-state index in [9.17, 15) is 19.5 Å². The number of carbonyl (C=O) groups excluding carboxylic acids is 2. The lowest BCUT2D eigenvalue weighted by atomic mass is 9.82. The number of carboxylic acids is 1. The number of fused-ring (bicyclic) bond motifs is 3. The van der Waals surface area contributed by atoms with E-state index in [1.165, 1.54) is 27.2 Å². The van der Waals surface area contributed by atoms with Gasteiger partial charge in [-0.15, -0.1) is 0 Å². The Morgan fingerprint density at radius 1 is 0.914 bits per heavy atom. The number of nitrogens with one attached hydrogen (secondary N) is 1. The van der Waals surface area contributed by atoms with E-state index < -0.39 is 12.1 Å². The quantitative estimate of drug-likeness (QED) is 0.583. The molecule has 0 unspecified atom stereocenters. The van der Waals surface area contributed by atoms with Gasteiger partial charge in [0.05, 0.1) is 0 Å². The van der Waals surface area contributed by atoms with Gasteiger partial charge in [-0.1, -0.05) is 61.4 Å². The smallest absolute Gasteiger partial charge is 0.407 e. The second kappa shape index (κ2) is 10.1. The third kappa shape index (κ3) is 5.19. The summed E-state index contributed by atoms with van der Waals surface area (Å²) in [5.41, 5.74) is 4.71. The Balaban J connectivity index is 1.20. The van der Waals surface area contributed by atoms with Crippen molar-refractivity contribution in [3.63, 3.8) is 0 Å². The van der Waals surface area contributed by atoms with Gasteiger partial charge in [0.2, 0.25) is 5.91 Å². The summed E-state index contributed by atoms with van der Waals surface area (Å²) in [4.78, 5) is 38.4. The van der Waals surface area contributed by atoms with Crippen LogP contribution in [-0.4, -0.2) is 53.2 Å². The van der Waals surface area contributed by atoms with Gasteiger partial charge in [-0.2, -0.15) is 0 Å². The molecule has 2 amide bonds. The van der Waals surface area contributed by atoms with Crippen LogP contribution in [-0.2, 0) is 14.3 Å². The molecule has 0 spiro atoms. The van der Waals surface area contributed by atoms with E-state index >= 15 is 0 Å². The maximum absolute atomic E-state index is 12.9. The molecule has 0 aliphatic heterocycles. The van der Waals surface area contributed by atoms with Gasteiger partial charge in [0, 0.05) is 24.4 Å². The van der Waals surface area contributed by atoms with Crippen molar-refractivity contribution >= 4 is 18.0 Å². The van der Waals surface area contributed by atoms with Crippen LogP contribution in [0.1, 0.15) is 62.0 Å². The second-order valence-electron chi connectivity index (χ2n) is 9.97. The van der Waals surface area contributed by atoms with E-state index in [2.05, 4.69) is 29.6 Å². The molecule has 2 atom stereocenters. The third-order valence-electron chi connectivity index (χ3n) is 7.61. The number of alkyl carbamates (subject to hydrolysis) is 1. The zero-order chi connectivity index (χ0) is 24.4. The van der Waals surface area contributed by atoms with Crippen LogP contribution in [0.3, 0.4) is 0 Å². The van der Waals surface area contributed by atoms with Crippen LogP contribution in [0.25, 0.3) is 11.1 Å². The minimum atomic E-state index is -0.984. The van der Waals surface area contributed by atoms with Crippen molar-refractivity contribution in [3.8, 4) is 11.1 Å². The molecule has 0 heterocycles. The normalized spacial score (nSPS) is 21.0. The lowest BCUT2D eigenvalue weighted by molar-refractivity contribution is -0.145. The van der Waals surface area contributed by atoms with Crippen molar-refractivity contribution in [2.75, 3.05) is 13.2 Å². The standard InChI is InChI=1S/C28H32N2O5/c31-26(30(16-27(32)33)19-13-14-19)15-18-7-1-6-12-25(18)29-28(34)35-17-24-22-10-4-2-8-20(22)21-9-3-5-11-23(21)24/h2-5,8-11,18-19,24-25H,1,6-7,12-17H2,(H,29,34)(H,32,33)/t18-,25-/m1/s1. The summed E-state index contributed by atoms with van der Waals surface area (Å²) in [6.45, 7) is 0.00490. The number of carboxylic acid groups (broad SMARTS) is 1. The molecule has 7 nitrogen and oxygen atoms in total. The molecule has 35 heavy (non-hydrogen) atoms. The Bertz CT molecular complexity index is 1070. The second-order valence-corrected chi connectivity index (χ2v) is 9.97. The average Bonchev–Trinajstić information content (AvgIpc) is 3.65. The van der Waals surface area contributed by atoms with Gasteiger partial charge in [0.25, 0.3) is 0 Å². The van der Waals surface area contributed by atoms with Gasteiger partial charge in [0.1, 0.15) is 13.2 Å². The molecular formula is C28H32N2O5. The van der Waals surface area contributed by atoms with E-state index in [4.69, 9.17) is 4.74 Å². The van der Waals surface area contributed by atoms with E-state index in [-0.39, 0.29) is 49.4 Å². The van der Waals surface area contributed by atoms with Crippen LogP contribution in [0.4, 0.5) is 4.79 Å². The zero-order valence-electron chi connectivity index (χ0n) is 19.8. The van der Waals surface area contributed by atoms with Crippen molar-refractivity contribution < 1.29 is 24.2 Å². The van der Waals surface area contributed by atoms with Crippen molar-refractivity contribution in [3.05, 3.63) is 59.7 Å². The van der Waals surface area contributed by atoms with Crippen molar-refractivity contribution in [1.29, 1.82) is 0 Å². The molecule has 184 valence electrons. The third-order valence-corrected chi connectivity index (χ3v) is 7.61. The van der Waals surface area contributed by atoms with Crippen LogP contribution in [0.5, 0.6) is 0 Å². The summed E-state index contributed by atoms with van der Waals surface area (Å²) in [6.07, 6.45) is 5.16. The monoisotopic (exact) mass is 476 g/mol. The number of aliphatic carboxylic acids is 1. The number of hydrogen-bond donors (Lipinski definition) is 2. The highest BCUT2D eigenvalue weighted by Gasteiger charge is 2.37. The van der Waals surface area contributed by atoms with E-state index in [1.807, 2.05) is 24.3 Å². The van der Waals surface area contributed by atoms with Gasteiger partial charge >= 0.3 is 12.1 Å². The fourth-order valence-electron chi connectivity index (χ4n) is 5.73. The highest BCUT2D eigenvalue weighted by molar-refractivity contribution is 5.82. The van der Waals surface area contributed by atoms with Crippen LogP contribution < -0.4 is 5.32 Å². The number of ether oxygens (including phenoxy) is 1. The van der Waals surface area contributed by atoms with Crippen molar-refractivity contribution in [2.45, 2.75) is 62.9 Å². The Hall–Kier alpha value is -3.35. The van der Waals surface area contributed by atoms with E-state index in [1.54, 1.807) is 0 Å². The average molecular weight is 477 g/mol. The minimum Gasteiger partial charge on any atom is -0.480 e. The number of rotatable bonds is 8. The predicted octanol–water partition coefficient (Wildman–Crippen LogP) is 4.55. The Morgan fingerprint density at radius 3 is 2.17 bits per heavy atom. The van der Waals surface area contributed by atoms with Gasteiger partial charge in [-0.3, -0.25) is 9.59 Å². The number of nitrogens with zero attached hydrogens (tertiary/aromatic N) is 1. The molecule has 0 bridgehead atoms. The molecule has 0 radical (unpaired) electrons. The number of amides is 2. The molecule has 2 saturated carbocycles. The van der Waals surface area contributed by atoms with E-state index in [0.717, 1.165) is 38.5 Å². The fourth-order valence-corrected chi connectivity index (χ4v) is 5.73. The maximum atomic E-state index is 12.9. The van der Waals surface area contributed by atoms with Crippen LogP contribution in [0.2, 0.25) is 0 Å².